The van der Waals surface area contributed by atoms with E-state index in [2.05, 4.69) is 21.2 Å². The highest BCUT2D eigenvalue weighted by Crippen LogP contribution is 2.27. The number of nitrogens with one attached hydrogen (secondary N) is 1. The first kappa shape index (κ1) is 10.8. The number of hydrogen-bond donors (Lipinski definition) is 1. The van der Waals surface area contributed by atoms with Gasteiger partial charge in [-0.1, -0.05) is 15.9 Å². The summed E-state index contributed by atoms with van der Waals surface area (Å²) < 4.78 is 5.17. The molecule has 1 saturated carbocycles. The molecule has 1 rings (SSSR count). The van der Waals surface area contributed by atoms with Crippen LogP contribution in [-0.2, 0) is 4.74 Å². The normalized spacial score (nSPS) is 28.2. The van der Waals surface area contributed by atoms with E-state index in [9.17, 15) is 4.79 Å². The van der Waals surface area contributed by atoms with E-state index in [0.29, 0.717) is 0 Å². The predicted octanol–water partition coefficient (Wildman–Crippen LogP) is 2.30. The molecule has 13 heavy (non-hydrogen) atoms. The number of hydrogen-bond acceptors (Lipinski definition) is 2. The van der Waals surface area contributed by atoms with Gasteiger partial charge in [-0.3, -0.25) is 0 Å². The zero-order chi connectivity index (χ0) is 9.68. The van der Waals surface area contributed by atoms with Gasteiger partial charge in [0.05, 0.1) is 0 Å². The van der Waals surface area contributed by atoms with Gasteiger partial charge in [0, 0.05) is 12.4 Å². The second-order valence-electron chi connectivity index (χ2n) is 3.45. The van der Waals surface area contributed by atoms with Crippen LogP contribution in [0.2, 0.25) is 0 Å². The lowest BCUT2D eigenvalue weighted by Gasteiger charge is -2.26. The first-order valence-corrected chi connectivity index (χ1v) is 5.82. The summed E-state index contributed by atoms with van der Waals surface area (Å²) in [7, 11) is 1.59. The summed E-state index contributed by atoms with van der Waals surface area (Å²) in [6.07, 6.45) is 4.16. The van der Waals surface area contributed by atoms with Gasteiger partial charge < -0.3 is 10.1 Å². The highest BCUT2D eigenvalue weighted by atomic mass is 79.9. The molecule has 0 saturated heterocycles. The fourth-order valence-electron chi connectivity index (χ4n) is 1.61. The van der Waals surface area contributed by atoms with Crippen molar-refractivity contribution in [3.05, 3.63) is 0 Å². The van der Waals surface area contributed by atoms with E-state index in [0.717, 1.165) is 36.9 Å². The molecule has 0 unspecified atom stereocenters. The van der Waals surface area contributed by atoms with E-state index < -0.39 is 0 Å². The van der Waals surface area contributed by atoms with Crippen LogP contribution in [0.15, 0.2) is 0 Å². The third kappa shape index (κ3) is 3.55. The Hall–Kier alpha value is -0.250. The fraction of sp³-hybridized carbons (Fsp3) is 0.889. The molecule has 0 bridgehead atoms. The number of ether oxygens (including phenoxy) is 1. The Labute approximate surface area is 87.3 Å². The lowest BCUT2D eigenvalue weighted by molar-refractivity contribution is 0.0683. The molecule has 0 heterocycles. The van der Waals surface area contributed by atoms with E-state index in [4.69, 9.17) is 4.74 Å². The number of rotatable bonds is 2. The van der Waals surface area contributed by atoms with Crippen LogP contribution in [0.25, 0.3) is 0 Å². The molecule has 1 N–H and O–H groups in total. The van der Waals surface area contributed by atoms with Crippen molar-refractivity contribution in [3.8, 4) is 0 Å². The van der Waals surface area contributed by atoms with Crippen LogP contribution in [0, 0.1) is 5.92 Å². The van der Waals surface area contributed by atoms with Crippen molar-refractivity contribution >= 4 is 22.0 Å². The number of carbonyl (C=O) groups is 1. The zero-order valence-electron chi connectivity index (χ0n) is 7.88. The van der Waals surface area contributed by atoms with E-state index >= 15 is 0 Å². The average molecular weight is 250 g/mol. The number of amides is 1. The van der Waals surface area contributed by atoms with Crippen LogP contribution in [-0.4, -0.2) is 24.6 Å². The van der Waals surface area contributed by atoms with Gasteiger partial charge in [0.1, 0.15) is 6.10 Å². The first-order valence-electron chi connectivity index (χ1n) is 4.70. The van der Waals surface area contributed by atoms with Gasteiger partial charge in [-0.05, 0) is 31.6 Å². The SMILES string of the molecule is CNC(=O)OC1CCC(CBr)CC1. The van der Waals surface area contributed by atoms with E-state index in [1.165, 1.54) is 0 Å². The summed E-state index contributed by atoms with van der Waals surface area (Å²) in [6, 6.07) is 0. The Morgan fingerprint density at radius 2 is 2.08 bits per heavy atom. The average Bonchev–Trinajstić information content (AvgIpc) is 2.19. The molecule has 1 aliphatic carbocycles. The molecule has 0 spiro atoms. The highest BCUT2D eigenvalue weighted by Gasteiger charge is 2.22. The van der Waals surface area contributed by atoms with Gasteiger partial charge in [0.2, 0.25) is 0 Å². The molecular weight excluding hydrogens is 234 g/mol. The topological polar surface area (TPSA) is 38.3 Å². The maximum atomic E-state index is 10.9. The Balaban J connectivity index is 2.21. The molecule has 0 aromatic carbocycles. The molecule has 3 nitrogen and oxygen atoms in total. The Morgan fingerprint density at radius 1 is 1.46 bits per heavy atom. The standard InChI is InChI=1S/C9H16BrNO2/c1-11-9(12)13-8-4-2-7(6-10)3-5-8/h7-8H,2-6H2,1H3,(H,11,12). The summed E-state index contributed by atoms with van der Waals surface area (Å²) in [5, 5.41) is 3.54. The number of halogens is 1. The van der Waals surface area contributed by atoms with Crippen molar-refractivity contribution in [2.45, 2.75) is 31.8 Å². The molecule has 1 amide bonds. The summed E-state index contributed by atoms with van der Waals surface area (Å²) in [6.45, 7) is 0. The molecule has 0 aliphatic heterocycles. The molecule has 1 aliphatic rings. The monoisotopic (exact) mass is 249 g/mol. The minimum Gasteiger partial charge on any atom is -0.446 e. The van der Waals surface area contributed by atoms with E-state index in [1.54, 1.807) is 7.05 Å². The van der Waals surface area contributed by atoms with E-state index in [1.807, 2.05) is 0 Å². The largest absolute Gasteiger partial charge is 0.446 e. The summed E-state index contributed by atoms with van der Waals surface area (Å²) >= 11 is 3.48. The Bertz CT molecular complexity index is 167. The number of alkyl halides is 1. The van der Waals surface area contributed by atoms with Crippen molar-refractivity contribution in [1.82, 2.24) is 5.32 Å². The van der Waals surface area contributed by atoms with Gasteiger partial charge in [0.15, 0.2) is 0 Å². The highest BCUT2D eigenvalue weighted by molar-refractivity contribution is 9.09. The maximum Gasteiger partial charge on any atom is 0.407 e. The van der Waals surface area contributed by atoms with Gasteiger partial charge in [0.25, 0.3) is 0 Å². The lowest BCUT2D eigenvalue weighted by Crippen LogP contribution is -2.29. The molecular formula is C9H16BrNO2. The van der Waals surface area contributed by atoms with Gasteiger partial charge in [-0.15, -0.1) is 0 Å². The van der Waals surface area contributed by atoms with Crippen LogP contribution in [0.1, 0.15) is 25.7 Å². The first-order chi connectivity index (χ1) is 6.26. The quantitative estimate of drug-likeness (QED) is 0.763. The second-order valence-corrected chi connectivity index (χ2v) is 4.10. The van der Waals surface area contributed by atoms with Gasteiger partial charge >= 0.3 is 6.09 Å². The van der Waals surface area contributed by atoms with Crippen molar-refractivity contribution in [2.75, 3.05) is 12.4 Å². The molecule has 0 atom stereocenters. The minimum atomic E-state index is -0.303. The predicted molar refractivity (Wildman–Crippen MR) is 55.1 cm³/mol. The van der Waals surface area contributed by atoms with Crippen LogP contribution < -0.4 is 5.32 Å². The van der Waals surface area contributed by atoms with Crippen molar-refractivity contribution < 1.29 is 9.53 Å². The number of carbonyl (C=O) groups excluding carboxylic acids is 1. The van der Waals surface area contributed by atoms with Crippen LogP contribution >= 0.6 is 15.9 Å². The fourth-order valence-corrected chi connectivity index (χ4v) is 2.26. The third-order valence-electron chi connectivity index (χ3n) is 2.49. The minimum absolute atomic E-state index is 0.134. The van der Waals surface area contributed by atoms with Crippen LogP contribution in [0.3, 0.4) is 0 Å². The lowest BCUT2D eigenvalue weighted by atomic mass is 9.89. The molecule has 0 radical (unpaired) electrons. The Kier molecular flexibility index (Phi) is 4.56. The summed E-state index contributed by atoms with van der Waals surface area (Å²) in [5.74, 6) is 0.768. The number of alkyl carbamates (subject to hydrolysis) is 1. The summed E-state index contributed by atoms with van der Waals surface area (Å²) in [5.41, 5.74) is 0. The zero-order valence-corrected chi connectivity index (χ0v) is 9.47. The van der Waals surface area contributed by atoms with Crippen molar-refractivity contribution in [2.24, 2.45) is 5.92 Å². The van der Waals surface area contributed by atoms with Gasteiger partial charge in [-0.25, -0.2) is 4.79 Å². The molecule has 1 fully saturated rings. The molecule has 0 aromatic heterocycles. The maximum absolute atomic E-state index is 10.9. The molecule has 76 valence electrons. The van der Waals surface area contributed by atoms with Crippen molar-refractivity contribution in [1.29, 1.82) is 0 Å². The van der Waals surface area contributed by atoms with E-state index in [-0.39, 0.29) is 12.2 Å². The van der Waals surface area contributed by atoms with Gasteiger partial charge in [-0.2, -0.15) is 0 Å². The smallest absolute Gasteiger partial charge is 0.407 e. The second kappa shape index (κ2) is 5.47. The van der Waals surface area contributed by atoms with Crippen molar-refractivity contribution in [3.63, 3.8) is 0 Å². The van der Waals surface area contributed by atoms with Crippen LogP contribution in [0.5, 0.6) is 0 Å². The third-order valence-corrected chi connectivity index (χ3v) is 3.41. The Morgan fingerprint density at radius 3 is 2.54 bits per heavy atom. The molecule has 0 aromatic rings. The van der Waals surface area contributed by atoms with Crippen LogP contribution in [0.4, 0.5) is 4.79 Å². The molecule has 4 heteroatoms. The summed E-state index contributed by atoms with van der Waals surface area (Å²) in [4.78, 5) is 10.9.